The van der Waals surface area contributed by atoms with Crippen LogP contribution in [0.4, 0.5) is 0 Å². The summed E-state index contributed by atoms with van der Waals surface area (Å²) in [5, 5.41) is 7.03. The van der Waals surface area contributed by atoms with E-state index < -0.39 is 0 Å². The van der Waals surface area contributed by atoms with E-state index in [-0.39, 0.29) is 0 Å². The van der Waals surface area contributed by atoms with Crippen molar-refractivity contribution in [2.75, 3.05) is 7.11 Å². The van der Waals surface area contributed by atoms with Crippen LogP contribution < -0.4 is 14.8 Å². The topological polar surface area (TPSA) is 56.5 Å². The van der Waals surface area contributed by atoms with Crippen molar-refractivity contribution in [1.82, 2.24) is 10.5 Å². The first kappa shape index (κ1) is 14.4. The molecule has 0 aliphatic carbocycles. The molecule has 0 amide bonds. The fourth-order valence-corrected chi connectivity index (χ4v) is 1.72. The van der Waals surface area contributed by atoms with E-state index in [0.29, 0.717) is 18.4 Å². The van der Waals surface area contributed by atoms with Crippen LogP contribution in [-0.2, 0) is 13.2 Å². The number of ether oxygens (including phenoxy) is 2. The first-order valence-electron chi connectivity index (χ1n) is 6.61. The maximum absolute atomic E-state index is 5.80. The Kier molecular flexibility index (Phi) is 5.01. The Labute approximate surface area is 118 Å². The van der Waals surface area contributed by atoms with Crippen LogP contribution in [0.3, 0.4) is 0 Å². The maximum atomic E-state index is 5.80. The molecule has 0 unspecified atom stereocenters. The lowest BCUT2D eigenvalue weighted by Crippen LogP contribution is -2.22. The van der Waals surface area contributed by atoms with Crippen molar-refractivity contribution in [1.29, 1.82) is 0 Å². The zero-order valence-corrected chi connectivity index (χ0v) is 12.1. The molecule has 1 heterocycles. The SMILES string of the molecule is COc1ccc(CNC(C)C)c(OCc2ccno2)c1. The average molecular weight is 276 g/mol. The molecular weight excluding hydrogens is 256 g/mol. The highest BCUT2D eigenvalue weighted by atomic mass is 16.5. The summed E-state index contributed by atoms with van der Waals surface area (Å²) in [6.07, 6.45) is 1.60. The van der Waals surface area contributed by atoms with Crippen molar-refractivity contribution in [2.24, 2.45) is 0 Å². The van der Waals surface area contributed by atoms with Gasteiger partial charge in [-0.05, 0) is 6.07 Å². The van der Waals surface area contributed by atoms with Gasteiger partial charge in [0.05, 0.1) is 13.3 Å². The fourth-order valence-electron chi connectivity index (χ4n) is 1.72. The van der Waals surface area contributed by atoms with E-state index in [4.69, 9.17) is 14.0 Å². The second-order valence-electron chi connectivity index (χ2n) is 4.78. The Morgan fingerprint density at radius 3 is 2.80 bits per heavy atom. The van der Waals surface area contributed by atoms with Gasteiger partial charge in [0, 0.05) is 30.3 Å². The number of nitrogens with one attached hydrogen (secondary N) is 1. The third kappa shape index (κ3) is 3.99. The maximum Gasteiger partial charge on any atom is 0.174 e. The van der Waals surface area contributed by atoms with Gasteiger partial charge in [-0.25, -0.2) is 0 Å². The van der Waals surface area contributed by atoms with Gasteiger partial charge in [0.15, 0.2) is 5.76 Å². The van der Waals surface area contributed by atoms with Crippen molar-refractivity contribution in [3.8, 4) is 11.5 Å². The lowest BCUT2D eigenvalue weighted by Gasteiger charge is -2.14. The van der Waals surface area contributed by atoms with Gasteiger partial charge in [-0.2, -0.15) is 0 Å². The number of rotatable bonds is 7. The third-order valence-electron chi connectivity index (χ3n) is 2.84. The van der Waals surface area contributed by atoms with Crippen molar-refractivity contribution in [2.45, 2.75) is 33.0 Å². The van der Waals surface area contributed by atoms with Gasteiger partial charge in [-0.1, -0.05) is 25.1 Å². The summed E-state index contributed by atoms with van der Waals surface area (Å²) >= 11 is 0. The fraction of sp³-hybridized carbons (Fsp3) is 0.400. The molecule has 1 N–H and O–H groups in total. The lowest BCUT2D eigenvalue weighted by molar-refractivity contribution is 0.246. The van der Waals surface area contributed by atoms with Crippen LogP contribution in [0.15, 0.2) is 35.0 Å². The summed E-state index contributed by atoms with van der Waals surface area (Å²) < 4.78 is 16.1. The molecule has 0 fully saturated rings. The molecule has 2 rings (SSSR count). The number of aromatic nitrogens is 1. The standard InChI is InChI=1S/C15H20N2O3/c1-11(2)16-9-12-4-5-13(18-3)8-15(12)19-10-14-6-7-17-20-14/h4-8,11,16H,9-10H2,1-3H3. The Morgan fingerprint density at radius 2 is 2.15 bits per heavy atom. The molecule has 1 aromatic heterocycles. The van der Waals surface area contributed by atoms with Crippen LogP contribution in [0, 0.1) is 0 Å². The van der Waals surface area contributed by atoms with E-state index >= 15 is 0 Å². The Balaban J connectivity index is 2.09. The summed E-state index contributed by atoms with van der Waals surface area (Å²) in [6, 6.07) is 8.02. The Bertz CT molecular complexity index is 524. The number of hydrogen-bond donors (Lipinski definition) is 1. The molecule has 1 aromatic carbocycles. The molecule has 0 aliphatic heterocycles. The number of methoxy groups -OCH3 is 1. The van der Waals surface area contributed by atoms with E-state index in [0.717, 1.165) is 23.6 Å². The van der Waals surface area contributed by atoms with Gasteiger partial charge in [0.2, 0.25) is 0 Å². The van der Waals surface area contributed by atoms with E-state index in [1.54, 1.807) is 19.4 Å². The highest BCUT2D eigenvalue weighted by molar-refractivity contribution is 5.40. The molecular formula is C15H20N2O3. The van der Waals surface area contributed by atoms with Crippen LogP contribution in [0.2, 0.25) is 0 Å². The van der Waals surface area contributed by atoms with E-state index in [1.807, 2.05) is 18.2 Å². The monoisotopic (exact) mass is 276 g/mol. The molecule has 108 valence electrons. The zero-order chi connectivity index (χ0) is 14.4. The van der Waals surface area contributed by atoms with Crippen molar-refractivity contribution in [3.05, 3.63) is 41.8 Å². The van der Waals surface area contributed by atoms with Crippen LogP contribution in [-0.4, -0.2) is 18.3 Å². The van der Waals surface area contributed by atoms with Crippen LogP contribution >= 0.6 is 0 Å². The molecule has 2 aromatic rings. The number of nitrogens with zero attached hydrogens (tertiary/aromatic N) is 1. The molecule has 0 saturated heterocycles. The van der Waals surface area contributed by atoms with Crippen molar-refractivity contribution >= 4 is 0 Å². The van der Waals surface area contributed by atoms with Crippen LogP contribution in [0.5, 0.6) is 11.5 Å². The lowest BCUT2D eigenvalue weighted by atomic mass is 10.2. The molecule has 0 saturated carbocycles. The van der Waals surface area contributed by atoms with Gasteiger partial charge in [0.1, 0.15) is 18.1 Å². The minimum atomic E-state index is 0.349. The number of benzene rings is 1. The summed E-state index contributed by atoms with van der Waals surface area (Å²) in [7, 11) is 1.64. The number of hydrogen-bond acceptors (Lipinski definition) is 5. The van der Waals surface area contributed by atoms with Gasteiger partial charge in [-0.3, -0.25) is 0 Å². The molecule has 0 radical (unpaired) electrons. The van der Waals surface area contributed by atoms with Gasteiger partial charge in [-0.15, -0.1) is 0 Å². The third-order valence-corrected chi connectivity index (χ3v) is 2.84. The van der Waals surface area contributed by atoms with Gasteiger partial charge in [0.25, 0.3) is 0 Å². The molecule has 0 spiro atoms. The summed E-state index contributed by atoms with van der Waals surface area (Å²) in [5.74, 6) is 2.25. The minimum Gasteiger partial charge on any atom is -0.497 e. The quantitative estimate of drug-likeness (QED) is 0.842. The van der Waals surface area contributed by atoms with E-state index in [9.17, 15) is 0 Å². The molecule has 5 nitrogen and oxygen atoms in total. The molecule has 5 heteroatoms. The van der Waals surface area contributed by atoms with Crippen molar-refractivity contribution < 1.29 is 14.0 Å². The summed E-state index contributed by atoms with van der Waals surface area (Å²) in [5.41, 5.74) is 1.08. The van der Waals surface area contributed by atoms with Crippen molar-refractivity contribution in [3.63, 3.8) is 0 Å². The highest BCUT2D eigenvalue weighted by Gasteiger charge is 2.08. The van der Waals surface area contributed by atoms with Crippen LogP contribution in [0.25, 0.3) is 0 Å². The van der Waals surface area contributed by atoms with E-state index in [2.05, 4.69) is 24.3 Å². The highest BCUT2D eigenvalue weighted by Crippen LogP contribution is 2.25. The average Bonchev–Trinajstić information content (AvgIpc) is 2.96. The smallest absolute Gasteiger partial charge is 0.174 e. The predicted octanol–water partition coefficient (Wildman–Crippen LogP) is 2.76. The predicted molar refractivity (Wildman–Crippen MR) is 75.8 cm³/mol. The molecule has 0 atom stereocenters. The summed E-state index contributed by atoms with van der Waals surface area (Å²) in [4.78, 5) is 0. The van der Waals surface area contributed by atoms with Gasteiger partial charge >= 0.3 is 0 Å². The zero-order valence-electron chi connectivity index (χ0n) is 12.1. The first-order chi connectivity index (χ1) is 9.69. The first-order valence-corrected chi connectivity index (χ1v) is 6.61. The molecule has 0 aliphatic rings. The second kappa shape index (κ2) is 6.96. The van der Waals surface area contributed by atoms with Crippen LogP contribution in [0.1, 0.15) is 25.2 Å². The Morgan fingerprint density at radius 1 is 1.30 bits per heavy atom. The second-order valence-corrected chi connectivity index (χ2v) is 4.78. The molecule has 20 heavy (non-hydrogen) atoms. The van der Waals surface area contributed by atoms with Gasteiger partial charge < -0.3 is 19.3 Å². The largest absolute Gasteiger partial charge is 0.497 e. The molecule has 0 bridgehead atoms. The Hall–Kier alpha value is -2.01. The summed E-state index contributed by atoms with van der Waals surface area (Å²) in [6.45, 7) is 5.31. The minimum absolute atomic E-state index is 0.349. The normalized spacial score (nSPS) is 10.8. The van der Waals surface area contributed by atoms with E-state index in [1.165, 1.54) is 0 Å².